The van der Waals surface area contributed by atoms with Crippen LogP contribution in [0.3, 0.4) is 0 Å². The highest BCUT2D eigenvalue weighted by Crippen LogP contribution is 2.17. The molecule has 2 aliphatic heterocycles. The van der Waals surface area contributed by atoms with Crippen molar-refractivity contribution in [2.24, 2.45) is 10.9 Å². The Bertz CT molecular complexity index is 384. The monoisotopic (exact) mass is 482 g/mol. The van der Waals surface area contributed by atoms with Gasteiger partial charge in [-0.1, -0.05) is 6.92 Å². The molecule has 0 aliphatic carbocycles. The van der Waals surface area contributed by atoms with Gasteiger partial charge in [0.15, 0.2) is 5.96 Å². The highest BCUT2D eigenvalue weighted by molar-refractivity contribution is 14.0. The summed E-state index contributed by atoms with van der Waals surface area (Å²) in [5.41, 5.74) is 0. The van der Waals surface area contributed by atoms with E-state index in [9.17, 15) is 0 Å². The topological polar surface area (TPSA) is 58.1 Å². The van der Waals surface area contributed by atoms with Crippen LogP contribution in [0.1, 0.15) is 46.5 Å². The Morgan fingerprint density at radius 2 is 2.04 bits per heavy atom. The SMILES string of the molecule is CCNC(=NCC(C)N1CCC(C)CC1)NCCCOC1CCOC1.I. The molecule has 0 aromatic heterocycles. The van der Waals surface area contributed by atoms with Gasteiger partial charge >= 0.3 is 0 Å². The first-order chi connectivity index (χ1) is 12.2. The summed E-state index contributed by atoms with van der Waals surface area (Å²) < 4.78 is 11.1. The van der Waals surface area contributed by atoms with Crippen molar-refractivity contribution in [1.82, 2.24) is 15.5 Å². The molecule has 0 spiro atoms. The molecule has 2 heterocycles. The van der Waals surface area contributed by atoms with Gasteiger partial charge in [0.1, 0.15) is 0 Å². The standard InChI is InChI=1S/C19H38N4O2.HI/c1-4-20-19(21-9-5-12-25-18-8-13-24-15-18)22-14-17(3)23-10-6-16(2)7-11-23;/h16-18H,4-15H2,1-3H3,(H2,20,21,22);1H. The molecule has 2 aliphatic rings. The van der Waals surface area contributed by atoms with Crippen molar-refractivity contribution in [2.75, 3.05) is 52.5 Å². The highest BCUT2D eigenvalue weighted by atomic mass is 127. The predicted molar refractivity (Wildman–Crippen MR) is 119 cm³/mol. The van der Waals surface area contributed by atoms with Crippen LogP contribution < -0.4 is 10.6 Å². The van der Waals surface area contributed by atoms with Crippen LogP contribution in [-0.4, -0.2) is 75.5 Å². The van der Waals surface area contributed by atoms with Gasteiger partial charge in [-0.3, -0.25) is 9.89 Å². The van der Waals surface area contributed by atoms with E-state index in [1.807, 2.05) is 0 Å². The number of rotatable bonds is 9. The zero-order valence-electron chi connectivity index (χ0n) is 16.8. The molecule has 0 amide bonds. The van der Waals surface area contributed by atoms with Gasteiger partial charge in [-0.05, 0) is 58.5 Å². The first kappa shape index (κ1) is 23.9. The van der Waals surface area contributed by atoms with Crippen LogP contribution in [0, 0.1) is 5.92 Å². The minimum Gasteiger partial charge on any atom is -0.379 e. The normalized spacial score (nSPS) is 23.5. The number of nitrogens with one attached hydrogen (secondary N) is 2. The molecular formula is C19H39IN4O2. The molecule has 2 saturated heterocycles. The molecule has 0 radical (unpaired) electrons. The molecule has 2 atom stereocenters. The van der Waals surface area contributed by atoms with Crippen LogP contribution >= 0.6 is 24.0 Å². The summed E-state index contributed by atoms with van der Waals surface area (Å²) in [6.07, 6.45) is 4.96. The van der Waals surface area contributed by atoms with Crippen LogP contribution in [0.5, 0.6) is 0 Å². The number of hydrogen-bond acceptors (Lipinski definition) is 4. The maximum absolute atomic E-state index is 5.80. The van der Waals surface area contributed by atoms with E-state index in [0.717, 1.165) is 64.2 Å². The van der Waals surface area contributed by atoms with E-state index in [-0.39, 0.29) is 24.0 Å². The molecule has 0 bridgehead atoms. The molecule has 2 rings (SSSR count). The number of piperidine rings is 1. The molecular weight excluding hydrogens is 443 g/mol. The van der Waals surface area contributed by atoms with E-state index in [4.69, 9.17) is 14.5 Å². The second-order valence-corrected chi connectivity index (χ2v) is 7.42. The van der Waals surface area contributed by atoms with Crippen LogP contribution in [0.2, 0.25) is 0 Å². The zero-order chi connectivity index (χ0) is 17.9. The summed E-state index contributed by atoms with van der Waals surface area (Å²) in [6, 6.07) is 0.508. The minimum absolute atomic E-state index is 0. The summed E-state index contributed by atoms with van der Waals surface area (Å²) in [6.45, 7) is 14.2. The lowest BCUT2D eigenvalue weighted by molar-refractivity contribution is 0.0420. The van der Waals surface area contributed by atoms with E-state index >= 15 is 0 Å². The van der Waals surface area contributed by atoms with Gasteiger partial charge in [0.05, 0.1) is 19.3 Å². The van der Waals surface area contributed by atoms with E-state index in [0.29, 0.717) is 12.1 Å². The van der Waals surface area contributed by atoms with E-state index in [1.54, 1.807) is 0 Å². The van der Waals surface area contributed by atoms with Crippen molar-refractivity contribution < 1.29 is 9.47 Å². The largest absolute Gasteiger partial charge is 0.379 e. The van der Waals surface area contributed by atoms with Crippen molar-refractivity contribution in [3.05, 3.63) is 0 Å². The van der Waals surface area contributed by atoms with Gasteiger partial charge in [-0.2, -0.15) is 0 Å². The second-order valence-electron chi connectivity index (χ2n) is 7.42. The first-order valence-electron chi connectivity index (χ1n) is 10.1. The third-order valence-corrected chi connectivity index (χ3v) is 5.15. The number of nitrogens with zero attached hydrogens (tertiary/aromatic N) is 2. The second kappa shape index (κ2) is 14.0. The number of hydrogen-bond donors (Lipinski definition) is 2. The fraction of sp³-hybridized carbons (Fsp3) is 0.947. The fourth-order valence-electron chi connectivity index (χ4n) is 3.32. The Kier molecular flexibility index (Phi) is 12.8. The van der Waals surface area contributed by atoms with Crippen LogP contribution in [0.25, 0.3) is 0 Å². The molecule has 2 N–H and O–H groups in total. The van der Waals surface area contributed by atoms with Crippen molar-refractivity contribution in [2.45, 2.75) is 58.6 Å². The molecule has 0 aromatic rings. The summed E-state index contributed by atoms with van der Waals surface area (Å²) in [5, 5.41) is 6.76. The number of likely N-dealkylation sites (tertiary alicyclic amines) is 1. The van der Waals surface area contributed by atoms with Crippen molar-refractivity contribution >= 4 is 29.9 Å². The van der Waals surface area contributed by atoms with Crippen LogP contribution in [0.15, 0.2) is 4.99 Å². The van der Waals surface area contributed by atoms with Crippen LogP contribution in [0.4, 0.5) is 0 Å². The Morgan fingerprint density at radius 3 is 2.69 bits per heavy atom. The molecule has 7 heteroatoms. The average molecular weight is 482 g/mol. The van der Waals surface area contributed by atoms with Gasteiger partial charge < -0.3 is 20.1 Å². The van der Waals surface area contributed by atoms with Gasteiger partial charge in [-0.25, -0.2) is 0 Å². The van der Waals surface area contributed by atoms with Crippen molar-refractivity contribution in [3.63, 3.8) is 0 Å². The van der Waals surface area contributed by atoms with Gasteiger partial charge in [-0.15, -0.1) is 24.0 Å². The van der Waals surface area contributed by atoms with Gasteiger partial charge in [0.2, 0.25) is 0 Å². The number of guanidine groups is 1. The number of ether oxygens (including phenoxy) is 2. The summed E-state index contributed by atoms with van der Waals surface area (Å²) >= 11 is 0. The van der Waals surface area contributed by atoms with E-state index in [1.165, 1.54) is 25.9 Å². The molecule has 0 aromatic carbocycles. The van der Waals surface area contributed by atoms with Crippen LogP contribution in [-0.2, 0) is 9.47 Å². The zero-order valence-corrected chi connectivity index (χ0v) is 19.2. The number of halogens is 1. The molecule has 154 valence electrons. The van der Waals surface area contributed by atoms with Gasteiger partial charge in [0, 0.05) is 32.3 Å². The third-order valence-electron chi connectivity index (χ3n) is 5.15. The Labute approximate surface area is 176 Å². The molecule has 6 nitrogen and oxygen atoms in total. The van der Waals surface area contributed by atoms with E-state index < -0.39 is 0 Å². The maximum Gasteiger partial charge on any atom is 0.191 e. The summed E-state index contributed by atoms with van der Waals surface area (Å²) in [5.74, 6) is 1.80. The Morgan fingerprint density at radius 1 is 1.27 bits per heavy atom. The summed E-state index contributed by atoms with van der Waals surface area (Å²) in [4.78, 5) is 7.35. The lowest BCUT2D eigenvalue weighted by Crippen LogP contribution is -2.43. The van der Waals surface area contributed by atoms with Crippen molar-refractivity contribution in [1.29, 1.82) is 0 Å². The fourth-order valence-corrected chi connectivity index (χ4v) is 3.32. The van der Waals surface area contributed by atoms with Crippen molar-refractivity contribution in [3.8, 4) is 0 Å². The Balaban J connectivity index is 0.00000338. The molecule has 2 unspecified atom stereocenters. The smallest absolute Gasteiger partial charge is 0.191 e. The molecule has 0 saturated carbocycles. The summed E-state index contributed by atoms with van der Waals surface area (Å²) in [7, 11) is 0. The number of aliphatic imine (C=N–C) groups is 1. The molecule has 26 heavy (non-hydrogen) atoms. The van der Waals surface area contributed by atoms with E-state index in [2.05, 4.69) is 36.3 Å². The lowest BCUT2D eigenvalue weighted by Gasteiger charge is -2.34. The average Bonchev–Trinajstić information content (AvgIpc) is 3.13. The first-order valence-corrected chi connectivity index (χ1v) is 10.1. The maximum atomic E-state index is 5.80. The molecule has 2 fully saturated rings. The third kappa shape index (κ3) is 9.19. The Hall–Kier alpha value is -0.120. The minimum atomic E-state index is 0. The quantitative estimate of drug-likeness (QED) is 0.229. The van der Waals surface area contributed by atoms with Gasteiger partial charge in [0.25, 0.3) is 0 Å². The lowest BCUT2D eigenvalue weighted by atomic mass is 9.98. The highest BCUT2D eigenvalue weighted by Gasteiger charge is 2.20. The predicted octanol–water partition coefficient (Wildman–Crippen LogP) is 2.48.